The number of nitrogens with zero attached hydrogens (tertiary/aromatic N) is 6. The van der Waals surface area contributed by atoms with Gasteiger partial charge >= 0.3 is 6.61 Å². The molecule has 3 aromatic heterocycles. The first-order chi connectivity index (χ1) is 16.7. The third-order valence-electron chi connectivity index (χ3n) is 6.28. The Kier molecular flexibility index (Phi) is 4.62. The quantitative estimate of drug-likeness (QED) is 0.480. The molecule has 0 unspecified atom stereocenters. The number of aromatic nitrogens is 5. The average molecular weight is 478 g/mol. The predicted molar refractivity (Wildman–Crippen MR) is 120 cm³/mol. The van der Waals surface area contributed by atoms with Crippen molar-refractivity contribution in [3.05, 3.63) is 65.5 Å². The Bertz CT molecular complexity index is 1480. The molecule has 1 N–H and O–H groups in total. The smallest absolute Gasteiger partial charge is 0.387 e. The number of pyridine rings is 1. The number of alkyl halides is 2. The highest BCUT2D eigenvalue weighted by molar-refractivity contribution is 5.98. The van der Waals surface area contributed by atoms with Crippen LogP contribution in [0.3, 0.4) is 0 Å². The summed E-state index contributed by atoms with van der Waals surface area (Å²) in [6.07, 6.45) is 3.18. The van der Waals surface area contributed by atoms with Gasteiger partial charge in [-0.2, -0.15) is 8.78 Å². The second kappa shape index (κ2) is 7.51. The molecule has 1 atom stereocenters. The monoisotopic (exact) mass is 478 g/mol. The third-order valence-corrected chi connectivity index (χ3v) is 6.28. The van der Waals surface area contributed by atoms with E-state index in [9.17, 15) is 18.7 Å². The van der Waals surface area contributed by atoms with Crippen molar-refractivity contribution in [3.63, 3.8) is 0 Å². The van der Waals surface area contributed by atoms with E-state index in [-0.39, 0.29) is 18.2 Å². The number of aliphatic hydroxyl groups is 1. The van der Waals surface area contributed by atoms with Crippen LogP contribution < -0.4 is 4.74 Å². The van der Waals surface area contributed by atoms with E-state index in [1.165, 1.54) is 12.1 Å². The lowest BCUT2D eigenvalue weighted by atomic mass is 9.92. The van der Waals surface area contributed by atoms with Crippen LogP contribution in [0.4, 0.5) is 8.78 Å². The standard InChI is InChI=1S/C24H20F2N6O3/c1-24(2,34)22-27-8-12(9-28-22)14-6-7-15-20(30-14)32-16-10-31(11-18(32)29-15)21(33)13-4-3-5-17(19(13)16)35-23(25)26/h3-9,16,23,34H,10-11H2,1-2H3/t16-/m1/s1. The van der Waals surface area contributed by atoms with Crippen molar-refractivity contribution < 1.29 is 23.4 Å². The second-order valence-electron chi connectivity index (χ2n) is 9.09. The Labute approximate surface area is 198 Å². The van der Waals surface area contributed by atoms with Gasteiger partial charge in [0.25, 0.3) is 5.91 Å². The number of imidazole rings is 1. The molecule has 178 valence electrons. The number of rotatable bonds is 4. The summed E-state index contributed by atoms with van der Waals surface area (Å²) < 4.78 is 33.0. The van der Waals surface area contributed by atoms with Crippen molar-refractivity contribution >= 4 is 17.1 Å². The fraction of sp³-hybridized carbons (Fsp3) is 0.292. The fourth-order valence-corrected chi connectivity index (χ4v) is 4.74. The van der Waals surface area contributed by atoms with Crippen LogP contribution in [0.15, 0.2) is 42.7 Å². The molecule has 9 nitrogen and oxygen atoms in total. The maximum Gasteiger partial charge on any atom is 0.387 e. The van der Waals surface area contributed by atoms with Crippen molar-refractivity contribution in [3.8, 4) is 17.0 Å². The van der Waals surface area contributed by atoms with E-state index in [0.29, 0.717) is 51.7 Å². The third kappa shape index (κ3) is 3.42. The lowest BCUT2D eigenvalue weighted by Gasteiger charge is -2.40. The Balaban J connectivity index is 1.50. The van der Waals surface area contributed by atoms with Crippen LogP contribution in [0, 0.1) is 0 Å². The Hall–Kier alpha value is -3.99. The second-order valence-corrected chi connectivity index (χ2v) is 9.09. The van der Waals surface area contributed by atoms with Crippen molar-refractivity contribution in [2.45, 2.75) is 38.6 Å². The molecule has 4 aromatic rings. The van der Waals surface area contributed by atoms with Crippen molar-refractivity contribution in [2.24, 2.45) is 0 Å². The van der Waals surface area contributed by atoms with Crippen LogP contribution in [0.1, 0.15) is 47.5 Å². The molecule has 5 heterocycles. The van der Waals surface area contributed by atoms with Gasteiger partial charge < -0.3 is 19.3 Å². The maximum atomic E-state index is 13.2. The first-order valence-corrected chi connectivity index (χ1v) is 11.0. The summed E-state index contributed by atoms with van der Waals surface area (Å²) in [6.45, 7) is 0.765. The van der Waals surface area contributed by atoms with Crippen LogP contribution in [0.5, 0.6) is 5.75 Å². The number of ether oxygens (including phenoxy) is 1. The first kappa shape index (κ1) is 21.5. The predicted octanol–water partition coefficient (Wildman–Crippen LogP) is 3.28. The van der Waals surface area contributed by atoms with Crippen molar-refractivity contribution in [1.29, 1.82) is 0 Å². The number of carbonyl (C=O) groups is 1. The summed E-state index contributed by atoms with van der Waals surface area (Å²) in [6, 6.07) is 7.73. The minimum Gasteiger partial charge on any atom is -0.434 e. The highest BCUT2D eigenvalue weighted by Gasteiger charge is 2.41. The minimum absolute atomic E-state index is 0.0306. The van der Waals surface area contributed by atoms with E-state index in [0.717, 1.165) is 0 Å². The number of hydrogen-bond acceptors (Lipinski definition) is 7. The fourth-order valence-electron chi connectivity index (χ4n) is 4.74. The van der Waals surface area contributed by atoms with Crippen LogP contribution in [-0.4, -0.2) is 53.6 Å². The molecule has 0 aliphatic carbocycles. The van der Waals surface area contributed by atoms with E-state index in [1.54, 1.807) is 43.3 Å². The largest absolute Gasteiger partial charge is 0.434 e. The number of carbonyl (C=O) groups excluding carboxylic acids is 1. The summed E-state index contributed by atoms with van der Waals surface area (Å²) in [4.78, 5) is 32.7. The molecule has 6 rings (SSSR count). The van der Waals surface area contributed by atoms with Gasteiger partial charge in [-0.3, -0.25) is 4.79 Å². The normalized spacial score (nSPS) is 17.0. The Morgan fingerprint density at radius 2 is 1.91 bits per heavy atom. The molecule has 0 radical (unpaired) electrons. The van der Waals surface area contributed by atoms with Gasteiger partial charge in [0.1, 0.15) is 22.7 Å². The van der Waals surface area contributed by atoms with Gasteiger partial charge in [-0.1, -0.05) is 6.07 Å². The summed E-state index contributed by atoms with van der Waals surface area (Å²) in [5, 5.41) is 10.1. The molecule has 2 bridgehead atoms. The lowest BCUT2D eigenvalue weighted by Crippen LogP contribution is -2.46. The summed E-state index contributed by atoms with van der Waals surface area (Å²) in [5.41, 5.74) is 1.98. The summed E-state index contributed by atoms with van der Waals surface area (Å²) in [5.74, 6) is 0.628. The average Bonchev–Trinajstić information content (AvgIpc) is 3.19. The molecule has 0 saturated heterocycles. The van der Waals surface area contributed by atoms with Gasteiger partial charge in [0.05, 0.1) is 18.3 Å². The van der Waals surface area contributed by atoms with E-state index in [4.69, 9.17) is 9.72 Å². The van der Waals surface area contributed by atoms with Crippen LogP contribution in [0.25, 0.3) is 22.4 Å². The van der Waals surface area contributed by atoms with E-state index in [1.807, 2.05) is 10.6 Å². The highest BCUT2D eigenvalue weighted by atomic mass is 19.3. The summed E-state index contributed by atoms with van der Waals surface area (Å²) in [7, 11) is 0. The molecule has 11 heteroatoms. The number of hydrogen-bond donors (Lipinski definition) is 1. The summed E-state index contributed by atoms with van der Waals surface area (Å²) >= 11 is 0. The molecular weight excluding hydrogens is 458 g/mol. The van der Waals surface area contributed by atoms with Gasteiger partial charge in [-0.15, -0.1) is 0 Å². The molecule has 0 saturated carbocycles. The maximum absolute atomic E-state index is 13.2. The molecule has 1 aromatic carbocycles. The molecule has 1 amide bonds. The van der Waals surface area contributed by atoms with Crippen LogP contribution in [-0.2, 0) is 12.1 Å². The molecule has 2 aliphatic heterocycles. The van der Waals surface area contributed by atoms with Gasteiger partial charge in [-0.05, 0) is 38.1 Å². The molecular formula is C24H20F2N6O3. The van der Waals surface area contributed by atoms with Crippen LogP contribution in [0.2, 0.25) is 0 Å². The lowest BCUT2D eigenvalue weighted by molar-refractivity contribution is -0.0511. The zero-order chi connectivity index (χ0) is 24.5. The molecule has 35 heavy (non-hydrogen) atoms. The number of halogens is 2. The number of fused-ring (bicyclic) bond motifs is 8. The first-order valence-electron chi connectivity index (χ1n) is 11.0. The van der Waals surface area contributed by atoms with E-state index in [2.05, 4.69) is 15.0 Å². The van der Waals surface area contributed by atoms with E-state index < -0.39 is 18.3 Å². The van der Waals surface area contributed by atoms with Gasteiger partial charge in [-0.25, -0.2) is 19.9 Å². The number of amides is 1. The van der Waals surface area contributed by atoms with Gasteiger partial charge in [0, 0.05) is 35.6 Å². The Morgan fingerprint density at radius 1 is 1.14 bits per heavy atom. The molecule has 2 aliphatic rings. The molecule has 0 spiro atoms. The zero-order valence-corrected chi connectivity index (χ0v) is 18.8. The Morgan fingerprint density at radius 3 is 2.63 bits per heavy atom. The van der Waals surface area contributed by atoms with Gasteiger partial charge in [0.15, 0.2) is 11.5 Å². The molecule has 0 fully saturated rings. The van der Waals surface area contributed by atoms with Gasteiger partial charge in [0.2, 0.25) is 0 Å². The van der Waals surface area contributed by atoms with Crippen LogP contribution >= 0.6 is 0 Å². The topological polar surface area (TPSA) is 106 Å². The van der Waals surface area contributed by atoms with E-state index >= 15 is 0 Å². The minimum atomic E-state index is -3.02. The zero-order valence-electron chi connectivity index (χ0n) is 18.8. The SMILES string of the molecule is CC(C)(O)c1ncc(-c2ccc3nc4n(c3n2)[C@@H]2CN(C4)C(=O)c3cccc(OC(F)F)c32)cn1. The van der Waals surface area contributed by atoms with Crippen molar-refractivity contribution in [1.82, 2.24) is 29.4 Å². The number of benzene rings is 1. The highest BCUT2D eigenvalue weighted by Crippen LogP contribution is 2.42. The van der Waals surface area contributed by atoms with Crippen molar-refractivity contribution in [2.75, 3.05) is 6.54 Å².